The van der Waals surface area contributed by atoms with Gasteiger partial charge in [-0.05, 0) is 76.5 Å². The van der Waals surface area contributed by atoms with Crippen LogP contribution in [0.25, 0.3) is 0 Å². The zero-order valence-electron chi connectivity index (χ0n) is 19.5. The average Bonchev–Trinajstić information content (AvgIpc) is 2.83. The fraction of sp³-hybridized carbons (Fsp3) is 0.958. The van der Waals surface area contributed by atoms with Crippen molar-refractivity contribution in [3.63, 3.8) is 0 Å². The molecule has 9 heteroatoms. The lowest BCUT2D eigenvalue weighted by Crippen LogP contribution is -2.58. The first-order valence-corrected chi connectivity index (χ1v) is 14.6. The van der Waals surface area contributed by atoms with Crippen molar-refractivity contribution < 1.29 is 27.1 Å². The quantitative estimate of drug-likeness (QED) is 0.660. The van der Waals surface area contributed by atoms with E-state index in [1.807, 2.05) is 0 Å². The molecule has 0 aromatic heterocycles. The molecule has 6 atom stereocenters. The monoisotopic (exact) mass is 486 g/mol. The number of carbonyl (C=O) groups is 1. The predicted molar refractivity (Wildman–Crippen MR) is 122 cm³/mol. The number of amides is 1. The van der Waals surface area contributed by atoms with E-state index < -0.39 is 27.5 Å². The Balaban J connectivity index is 1.21. The van der Waals surface area contributed by atoms with E-state index in [1.165, 1.54) is 0 Å². The third-order valence-electron chi connectivity index (χ3n) is 8.71. The maximum atomic E-state index is 13.6. The molecule has 33 heavy (non-hydrogen) atoms. The summed E-state index contributed by atoms with van der Waals surface area (Å²) in [5.41, 5.74) is 0. The molecule has 188 valence electrons. The standard InChI is InChI=1S/C24H39FN2O5S/c25-17-8-11-19(12-9-17)33(29,30)27-13-3-4-16-7-10-18(14-20(16)27)26-24(28)23-15-31-21-5-1-2-6-22(21)32-23/h16-23H,1-15H2,(H,26,28). The fourth-order valence-corrected chi connectivity index (χ4v) is 9.10. The number of halogens is 1. The molecule has 3 saturated carbocycles. The van der Waals surface area contributed by atoms with Crippen molar-refractivity contribution in [2.75, 3.05) is 13.2 Å². The topological polar surface area (TPSA) is 84.9 Å². The molecule has 2 heterocycles. The maximum absolute atomic E-state index is 13.6. The minimum Gasteiger partial charge on any atom is -0.372 e. The van der Waals surface area contributed by atoms with E-state index >= 15 is 0 Å². The second kappa shape index (κ2) is 10.1. The van der Waals surface area contributed by atoms with Gasteiger partial charge in [0.05, 0.1) is 24.1 Å². The lowest BCUT2D eigenvalue weighted by molar-refractivity contribution is -0.196. The van der Waals surface area contributed by atoms with E-state index in [0.717, 1.165) is 51.4 Å². The summed E-state index contributed by atoms with van der Waals surface area (Å²) < 4.78 is 54.3. The van der Waals surface area contributed by atoms with Crippen LogP contribution in [-0.2, 0) is 24.3 Å². The van der Waals surface area contributed by atoms with Gasteiger partial charge in [0.15, 0.2) is 6.10 Å². The molecule has 0 bridgehead atoms. The number of fused-ring (bicyclic) bond motifs is 2. The molecular formula is C24H39FN2O5S. The molecular weight excluding hydrogens is 447 g/mol. The summed E-state index contributed by atoms with van der Waals surface area (Å²) >= 11 is 0. The largest absolute Gasteiger partial charge is 0.372 e. The molecule has 5 rings (SSSR count). The van der Waals surface area contributed by atoms with Gasteiger partial charge in [-0.2, -0.15) is 4.31 Å². The van der Waals surface area contributed by atoms with Crippen LogP contribution in [0, 0.1) is 5.92 Å². The number of rotatable bonds is 4. The Bertz CT molecular complexity index is 803. The highest BCUT2D eigenvalue weighted by Gasteiger charge is 2.46. The van der Waals surface area contributed by atoms with E-state index in [1.54, 1.807) is 4.31 Å². The van der Waals surface area contributed by atoms with E-state index in [9.17, 15) is 17.6 Å². The Morgan fingerprint density at radius 3 is 2.45 bits per heavy atom. The first kappa shape index (κ1) is 23.9. The Hall–Kier alpha value is -0.770. The predicted octanol–water partition coefficient (Wildman–Crippen LogP) is 3.07. The van der Waals surface area contributed by atoms with Crippen molar-refractivity contribution in [2.24, 2.45) is 5.92 Å². The molecule has 2 aliphatic heterocycles. The SMILES string of the molecule is O=C(NC1CCC2CCCN(S(=O)(=O)C3CCC(F)CC3)C2C1)C1COC2CCCCC2O1. The zero-order valence-corrected chi connectivity index (χ0v) is 20.3. The minimum absolute atomic E-state index is 0.0115. The van der Waals surface area contributed by atoms with E-state index in [-0.39, 0.29) is 30.2 Å². The van der Waals surface area contributed by atoms with Crippen LogP contribution in [0.2, 0.25) is 0 Å². The fourth-order valence-electron chi connectivity index (χ4n) is 6.83. The number of nitrogens with zero attached hydrogens (tertiary/aromatic N) is 1. The first-order valence-electron chi connectivity index (χ1n) is 13.1. The van der Waals surface area contributed by atoms with E-state index in [4.69, 9.17) is 9.47 Å². The van der Waals surface area contributed by atoms with Crippen LogP contribution in [0.5, 0.6) is 0 Å². The van der Waals surface area contributed by atoms with Crippen LogP contribution < -0.4 is 5.32 Å². The summed E-state index contributed by atoms with van der Waals surface area (Å²) in [4.78, 5) is 13.0. The number of sulfonamides is 1. The minimum atomic E-state index is -3.46. The number of nitrogens with one attached hydrogen (secondary N) is 1. The summed E-state index contributed by atoms with van der Waals surface area (Å²) in [7, 11) is -3.46. The zero-order chi connectivity index (χ0) is 23.0. The summed E-state index contributed by atoms with van der Waals surface area (Å²) in [6.07, 6.45) is 8.77. The van der Waals surface area contributed by atoms with Gasteiger partial charge in [-0.3, -0.25) is 4.79 Å². The number of alkyl halides is 1. The van der Waals surface area contributed by atoms with Gasteiger partial charge in [-0.15, -0.1) is 0 Å². The van der Waals surface area contributed by atoms with Gasteiger partial charge in [-0.1, -0.05) is 12.8 Å². The molecule has 2 saturated heterocycles. The molecule has 3 aliphatic carbocycles. The molecule has 0 aromatic rings. The summed E-state index contributed by atoms with van der Waals surface area (Å²) in [6.45, 7) is 0.839. The lowest BCUT2D eigenvalue weighted by Gasteiger charge is -2.47. The van der Waals surface area contributed by atoms with Gasteiger partial charge in [0.1, 0.15) is 6.17 Å². The second-order valence-electron chi connectivity index (χ2n) is 10.8. The molecule has 5 fully saturated rings. The van der Waals surface area contributed by atoms with Crippen LogP contribution in [0.15, 0.2) is 0 Å². The molecule has 5 aliphatic rings. The molecule has 1 amide bonds. The van der Waals surface area contributed by atoms with Crippen molar-refractivity contribution in [1.82, 2.24) is 9.62 Å². The number of hydrogen-bond acceptors (Lipinski definition) is 5. The molecule has 0 aromatic carbocycles. The molecule has 1 N–H and O–H groups in total. The van der Waals surface area contributed by atoms with Crippen LogP contribution in [0.1, 0.15) is 83.5 Å². The maximum Gasteiger partial charge on any atom is 0.251 e. The van der Waals surface area contributed by atoms with Crippen LogP contribution >= 0.6 is 0 Å². The smallest absolute Gasteiger partial charge is 0.251 e. The van der Waals surface area contributed by atoms with Crippen LogP contribution in [0.3, 0.4) is 0 Å². The number of ether oxygens (including phenoxy) is 2. The van der Waals surface area contributed by atoms with Gasteiger partial charge < -0.3 is 14.8 Å². The molecule has 6 unspecified atom stereocenters. The molecule has 7 nitrogen and oxygen atoms in total. The van der Waals surface area contributed by atoms with E-state index in [2.05, 4.69) is 5.32 Å². The Morgan fingerprint density at radius 1 is 0.909 bits per heavy atom. The van der Waals surface area contributed by atoms with Gasteiger partial charge in [0, 0.05) is 18.6 Å². The van der Waals surface area contributed by atoms with Crippen LogP contribution in [-0.4, -0.2) is 73.6 Å². The molecule has 0 radical (unpaired) electrons. The Labute approximate surface area is 197 Å². The highest BCUT2D eigenvalue weighted by atomic mass is 32.2. The normalized spacial score (nSPS) is 42.7. The van der Waals surface area contributed by atoms with Gasteiger partial charge in [-0.25, -0.2) is 12.8 Å². The third kappa shape index (κ3) is 5.11. The Kier molecular flexibility index (Phi) is 7.31. The summed E-state index contributed by atoms with van der Waals surface area (Å²) in [5.74, 6) is 0.213. The van der Waals surface area contributed by atoms with Crippen molar-refractivity contribution in [2.45, 2.75) is 125 Å². The number of carbonyl (C=O) groups excluding carboxylic acids is 1. The highest BCUT2D eigenvalue weighted by molar-refractivity contribution is 7.89. The summed E-state index contributed by atoms with van der Waals surface area (Å²) in [5, 5.41) is 2.70. The number of piperidine rings is 1. The third-order valence-corrected chi connectivity index (χ3v) is 11.1. The van der Waals surface area contributed by atoms with Gasteiger partial charge in [0.2, 0.25) is 10.0 Å². The van der Waals surface area contributed by atoms with Gasteiger partial charge >= 0.3 is 0 Å². The van der Waals surface area contributed by atoms with Crippen molar-refractivity contribution in [3.8, 4) is 0 Å². The second-order valence-corrected chi connectivity index (χ2v) is 13.0. The van der Waals surface area contributed by atoms with E-state index in [0.29, 0.717) is 51.2 Å². The first-order chi connectivity index (χ1) is 15.9. The van der Waals surface area contributed by atoms with Crippen molar-refractivity contribution in [3.05, 3.63) is 0 Å². The highest BCUT2D eigenvalue weighted by Crippen LogP contribution is 2.39. The molecule has 0 spiro atoms. The number of hydrogen-bond donors (Lipinski definition) is 1. The average molecular weight is 487 g/mol. The van der Waals surface area contributed by atoms with Gasteiger partial charge in [0.25, 0.3) is 5.91 Å². The Morgan fingerprint density at radius 2 is 1.67 bits per heavy atom. The van der Waals surface area contributed by atoms with Crippen molar-refractivity contribution >= 4 is 15.9 Å². The van der Waals surface area contributed by atoms with Crippen molar-refractivity contribution in [1.29, 1.82) is 0 Å². The van der Waals surface area contributed by atoms with Crippen LogP contribution in [0.4, 0.5) is 4.39 Å². The summed E-state index contributed by atoms with van der Waals surface area (Å²) in [6, 6.07) is -0.124. The lowest BCUT2D eigenvalue weighted by atomic mass is 9.77.